The van der Waals surface area contributed by atoms with Crippen LogP contribution in [0.3, 0.4) is 0 Å². The molecule has 5 heteroatoms. The molecule has 0 aromatic heterocycles. The Balaban J connectivity index is 1.62. The van der Waals surface area contributed by atoms with Gasteiger partial charge in [-0.3, -0.25) is 4.79 Å². The fourth-order valence-corrected chi connectivity index (χ4v) is 2.89. The SMILES string of the molecule is O=C(NCc1ccccc1C[NH+]1CCOCC1)c1ccc(F)cc1. The predicted molar refractivity (Wildman–Crippen MR) is 89.2 cm³/mol. The summed E-state index contributed by atoms with van der Waals surface area (Å²) in [5, 5.41) is 2.92. The highest BCUT2D eigenvalue weighted by atomic mass is 19.1. The predicted octanol–water partition coefficient (Wildman–Crippen LogP) is 1.17. The van der Waals surface area contributed by atoms with Gasteiger partial charge in [-0.25, -0.2) is 4.39 Å². The van der Waals surface area contributed by atoms with Crippen molar-refractivity contribution in [1.29, 1.82) is 0 Å². The van der Waals surface area contributed by atoms with Crippen molar-refractivity contribution in [2.45, 2.75) is 13.1 Å². The lowest BCUT2D eigenvalue weighted by atomic mass is 10.1. The minimum Gasteiger partial charge on any atom is -0.370 e. The third kappa shape index (κ3) is 4.40. The van der Waals surface area contributed by atoms with Crippen molar-refractivity contribution in [1.82, 2.24) is 5.32 Å². The molecule has 0 radical (unpaired) electrons. The number of carbonyl (C=O) groups excluding carboxylic acids is 1. The molecule has 3 rings (SSSR count). The number of amides is 1. The summed E-state index contributed by atoms with van der Waals surface area (Å²) in [6.45, 7) is 5.03. The van der Waals surface area contributed by atoms with E-state index < -0.39 is 0 Å². The van der Waals surface area contributed by atoms with Gasteiger partial charge in [0.15, 0.2) is 0 Å². The molecule has 0 atom stereocenters. The molecule has 0 bridgehead atoms. The van der Waals surface area contributed by atoms with E-state index in [1.54, 1.807) is 0 Å². The van der Waals surface area contributed by atoms with Crippen molar-refractivity contribution in [3.63, 3.8) is 0 Å². The molecule has 1 amide bonds. The Morgan fingerprint density at radius 3 is 2.42 bits per heavy atom. The van der Waals surface area contributed by atoms with Crippen molar-refractivity contribution >= 4 is 5.91 Å². The van der Waals surface area contributed by atoms with Gasteiger partial charge in [-0.05, 0) is 29.8 Å². The summed E-state index contributed by atoms with van der Waals surface area (Å²) in [6, 6.07) is 13.7. The third-order valence-electron chi connectivity index (χ3n) is 4.30. The molecule has 2 aromatic rings. The van der Waals surface area contributed by atoms with Crippen molar-refractivity contribution in [3.05, 3.63) is 71.0 Å². The average molecular weight is 329 g/mol. The van der Waals surface area contributed by atoms with Crippen LogP contribution < -0.4 is 10.2 Å². The maximum Gasteiger partial charge on any atom is 0.251 e. The van der Waals surface area contributed by atoms with Crippen molar-refractivity contribution in [2.75, 3.05) is 26.3 Å². The Bertz CT molecular complexity index is 682. The highest BCUT2D eigenvalue weighted by molar-refractivity contribution is 5.94. The number of quaternary nitrogens is 1. The number of benzene rings is 2. The molecule has 1 aliphatic heterocycles. The summed E-state index contributed by atoms with van der Waals surface area (Å²) >= 11 is 0. The van der Waals surface area contributed by atoms with Crippen LogP contribution in [0.5, 0.6) is 0 Å². The summed E-state index contributed by atoms with van der Waals surface area (Å²) in [5.74, 6) is -0.533. The van der Waals surface area contributed by atoms with Gasteiger partial charge in [0.25, 0.3) is 5.91 Å². The van der Waals surface area contributed by atoms with Gasteiger partial charge in [-0.15, -0.1) is 0 Å². The normalized spacial score (nSPS) is 15.2. The van der Waals surface area contributed by atoms with Crippen LogP contribution in [-0.4, -0.2) is 32.2 Å². The Labute approximate surface area is 141 Å². The van der Waals surface area contributed by atoms with Crippen LogP contribution in [0.25, 0.3) is 0 Å². The minimum absolute atomic E-state index is 0.191. The summed E-state index contributed by atoms with van der Waals surface area (Å²) in [5.41, 5.74) is 2.83. The number of hydrogen-bond acceptors (Lipinski definition) is 2. The Morgan fingerprint density at radius 2 is 1.71 bits per heavy atom. The fourth-order valence-electron chi connectivity index (χ4n) is 2.89. The molecule has 126 valence electrons. The van der Waals surface area contributed by atoms with E-state index in [2.05, 4.69) is 11.4 Å². The molecule has 1 aliphatic rings. The highest BCUT2D eigenvalue weighted by Crippen LogP contribution is 2.09. The third-order valence-corrected chi connectivity index (χ3v) is 4.30. The van der Waals surface area contributed by atoms with Gasteiger partial charge in [0.2, 0.25) is 0 Å². The number of hydrogen-bond donors (Lipinski definition) is 2. The van der Waals surface area contributed by atoms with Crippen LogP contribution in [-0.2, 0) is 17.8 Å². The molecule has 0 saturated carbocycles. The highest BCUT2D eigenvalue weighted by Gasteiger charge is 2.16. The second-order valence-electron chi connectivity index (χ2n) is 6.00. The topological polar surface area (TPSA) is 42.8 Å². The van der Waals surface area contributed by atoms with Crippen LogP contribution in [0.15, 0.2) is 48.5 Å². The van der Waals surface area contributed by atoms with E-state index >= 15 is 0 Å². The van der Waals surface area contributed by atoms with Crippen molar-refractivity contribution in [2.24, 2.45) is 0 Å². The lowest BCUT2D eigenvalue weighted by Crippen LogP contribution is -3.12. The van der Waals surface area contributed by atoms with Crippen LogP contribution >= 0.6 is 0 Å². The zero-order chi connectivity index (χ0) is 16.8. The molecule has 1 fully saturated rings. The second-order valence-corrected chi connectivity index (χ2v) is 6.00. The molecule has 2 aromatic carbocycles. The number of rotatable bonds is 5. The molecule has 0 spiro atoms. The molecule has 0 unspecified atom stereocenters. The second kappa shape index (κ2) is 8.04. The lowest BCUT2D eigenvalue weighted by molar-refractivity contribution is -0.921. The monoisotopic (exact) mass is 329 g/mol. The van der Waals surface area contributed by atoms with E-state index in [0.29, 0.717) is 12.1 Å². The first kappa shape index (κ1) is 16.6. The maximum atomic E-state index is 12.9. The zero-order valence-electron chi connectivity index (χ0n) is 13.6. The number of halogens is 1. The van der Waals surface area contributed by atoms with Gasteiger partial charge in [0, 0.05) is 17.7 Å². The van der Waals surface area contributed by atoms with Gasteiger partial charge in [-0.1, -0.05) is 24.3 Å². The molecule has 2 N–H and O–H groups in total. The molecule has 0 aliphatic carbocycles. The summed E-state index contributed by atoms with van der Waals surface area (Å²) in [6.07, 6.45) is 0. The van der Waals surface area contributed by atoms with E-state index in [9.17, 15) is 9.18 Å². The Hall–Kier alpha value is -2.24. The lowest BCUT2D eigenvalue weighted by Gasteiger charge is -2.24. The van der Waals surface area contributed by atoms with Crippen LogP contribution in [0.2, 0.25) is 0 Å². The first-order valence-corrected chi connectivity index (χ1v) is 8.24. The van der Waals surface area contributed by atoms with Crippen molar-refractivity contribution < 1.29 is 18.8 Å². The number of carbonyl (C=O) groups is 1. The minimum atomic E-state index is -0.342. The first-order chi connectivity index (χ1) is 11.7. The summed E-state index contributed by atoms with van der Waals surface area (Å²) in [4.78, 5) is 13.7. The molecule has 4 nitrogen and oxygen atoms in total. The molecular formula is C19H22FN2O2+. The molecule has 1 saturated heterocycles. The molecule has 24 heavy (non-hydrogen) atoms. The van der Waals surface area contributed by atoms with Gasteiger partial charge in [-0.2, -0.15) is 0 Å². The van der Waals surface area contributed by atoms with Crippen LogP contribution in [0.1, 0.15) is 21.5 Å². The van der Waals surface area contributed by atoms with Crippen LogP contribution in [0.4, 0.5) is 4.39 Å². The van der Waals surface area contributed by atoms with E-state index in [0.717, 1.165) is 38.4 Å². The number of morpholine rings is 1. The van der Waals surface area contributed by atoms with Gasteiger partial charge in [0.1, 0.15) is 25.5 Å². The quantitative estimate of drug-likeness (QED) is 0.865. The summed E-state index contributed by atoms with van der Waals surface area (Å²) < 4.78 is 18.3. The van der Waals surface area contributed by atoms with E-state index in [-0.39, 0.29) is 11.7 Å². The summed E-state index contributed by atoms with van der Waals surface area (Å²) in [7, 11) is 0. The maximum absolute atomic E-state index is 12.9. The number of nitrogens with one attached hydrogen (secondary N) is 2. The first-order valence-electron chi connectivity index (χ1n) is 8.24. The fraction of sp³-hybridized carbons (Fsp3) is 0.316. The van der Waals surface area contributed by atoms with E-state index in [1.807, 2.05) is 18.2 Å². The Kier molecular flexibility index (Phi) is 5.56. The van der Waals surface area contributed by atoms with Crippen molar-refractivity contribution in [3.8, 4) is 0 Å². The molecule has 1 heterocycles. The smallest absolute Gasteiger partial charge is 0.251 e. The van der Waals surface area contributed by atoms with Gasteiger partial charge in [0.05, 0.1) is 13.2 Å². The van der Waals surface area contributed by atoms with E-state index in [4.69, 9.17) is 4.74 Å². The molecular weight excluding hydrogens is 307 g/mol. The van der Waals surface area contributed by atoms with Crippen LogP contribution in [0, 0.1) is 5.82 Å². The zero-order valence-corrected chi connectivity index (χ0v) is 13.6. The average Bonchev–Trinajstić information content (AvgIpc) is 2.62. The van der Waals surface area contributed by atoms with Gasteiger partial charge < -0.3 is 15.0 Å². The van der Waals surface area contributed by atoms with E-state index in [1.165, 1.54) is 34.7 Å². The standard InChI is InChI=1S/C19H21FN2O2/c20-18-7-5-15(6-8-18)19(23)21-13-16-3-1-2-4-17(16)14-22-9-11-24-12-10-22/h1-8H,9-14H2,(H,21,23)/p+1. The Morgan fingerprint density at radius 1 is 1.04 bits per heavy atom. The largest absolute Gasteiger partial charge is 0.370 e. The van der Waals surface area contributed by atoms with Gasteiger partial charge >= 0.3 is 0 Å². The number of ether oxygens (including phenoxy) is 1.